The summed E-state index contributed by atoms with van der Waals surface area (Å²) in [6.07, 6.45) is 0. The number of nitrogens with one attached hydrogen (secondary N) is 1. The number of aryl methyl sites for hydroxylation is 1. The Labute approximate surface area is 105 Å². The van der Waals surface area contributed by atoms with Gasteiger partial charge in [0, 0.05) is 12.6 Å². The van der Waals surface area contributed by atoms with Gasteiger partial charge in [0.05, 0.1) is 5.69 Å². The maximum Gasteiger partial charge on any atom is 0.196 e. The van der Waals surface area contributed by atoms with Gasteiger partial charge in [-0.15, -0.1) is 0 Å². The van der Waals surface area contributed by atoms with Crippen molar-refractivity contribution in [3.05, 3.63) is 47.7 Å². The summed E-state index contributed by atoms with van der Waals surface area (Å²) >= 11 is 5.23. The van der Waals surface area contributed by atoms with Gasteiger partial charge >= 0.3 is 0 Å². The molecule has 0 fully saturated rings. The quantitative estimate of drug-likeness (QED) is 0.792. The van der Waals surface area contributed by atoms with Crippen LogP contribution in [0.2, 0.25) is 0 Å². The van der Waals surface area contributed by atoms with E-state index in [2.05, 4.69) is 10.4 Å². The van der Waals surface area contributed by atoms with E-state index in [4.69, 9.17) is 18.0 Å². The zero-order chi connectivity index (χ0) is 12.3. The molecule has 0 aliphatic rings. The first-order chi connectivity index (χ1) is 8.16. The largest absolute Gasteiger partial charge is 0.383 e. The second-order valence-electron chi connectivity index (χ2n) is 3.77. The molecular formula is C12H14N4S. The lowest BCUT2D eigenvalue weighted by Crippen LogP contribution is -2.29. The van der Waals surface area contributed by atoms with Gasteiger partial charge in [-0.05, 0) is 24.7 Å². The number of hydrogen-bond donors (Lipinski definition) is 2. The Bertz CT molecular complexity index is 519. The smallest absolute Gasteiger partial charge is 0.196 e. The van der Waals surface area contributed by atoms with Gasteiger partial charge in [0.25, 0.3) is 0 Å². The number of anilines is 1. The van der Waals surface area contributed by atoms with Crippen LogP contribution in [0.5, 0.6) is 0 Å². The number of nitrogens with two attached hydrogens (primary N) is 1. The Balaban J connectivity index is 2.01. The highest BCUT2D eigenvalue weighted by Crippen LogP contribution is 2.05. The summed E-state index contributed by atoms with van der Waals surface area (Å²) in [6.45, 7) is 2.55. The third-order valence-electron chi connectivity index (χ3n) is 2.34. The summed E-state index contributed by atoms with van der Waals surface area (Å²) in [7, 11) is 0. The molecule has 0 aliphatic carbocycles. The number of nitrogens with zero attached hydrogens (tertiary/aromatic N) is 2. The summed E-state index contributed by atoms with van der Waals surface area (Å²) < 4.78 is 1.54. The average molecular weight is 246 g/mol. The molecule has 88 valence electrons. The van der Waals surface area contributed by atoms with Crippen molar-refractivity contribution < 1.29 is 0 Å². The number of nitrogen functional groups attached to an aromatic ring is 1. The summed E-state index contributed by atoms with van der Waals surface area (Å²) in [5, 5.41) is 7.85. The van der Waals surface area contributed by atoms with Crippen LogP contribution in [0.1, 0.15) is 11.3 Å². The van der Waals surface area contributed by atoms with Gasteiger partial charge in [0.1, 0.15) is 5.82 Å². The molecule has 2 aromatic rings. The lowest BCUT2D eigenvalue weighted by Gasteiger charge is -2.08. The molecule has 2 rings (SSSR count). The first kappa shape index (κ1) is 11.6. The van der Waals surface area contributed by atoms with E-state index < -0.39 is 0 Å². The highest BCUT2D eigenvalue weighted by Gasteiger charge is 2.06. The third kappa shape index (κ3) is 2.82. The van der Waals surface area contributed by atoms with Gasteiger partial charge in [0.2, 0.25) is 0 Å². The standard InChI is InChI=1S/C12H14N4S/c1-9-7-11(13)16(15-9)12(17)14-8-10-5-3-2-4-6-10/h2-7H,8,13H2,1H3,(H,14,17). The fourth-order valence-electron chi connectivity index (χ4n) is 1.53. The Morgan fingerprint density at radius 2 is 2.12 bits per heavy atom. The number of hydrogen-bond acceptors (Lipinski definition) is 3. The van der Waals surface area contributed by atoms with Crippen molar-refractivity contribution in [2.45, 2.75) is 13.5 Å². The van der Waals surface area contributed by atoms with E-state index in [0.717, 1.165) is 11.3 Å². The predicted octanol–water partition coefficient (Wildman–Crippen LogP) is 1.70. The van der Waals surface area contributed by atoms with Crippen LogP contribution >= 0.6 is 12.2 Å². The molecule has 0 saturated carbocycles. The molecule has 1 heterocycles. The second-order valence-corrected chi connectivity index (χ2v) is 4.15. The van der Waals surface area contributed by atoms with Gasteiger partial charge < -0.3 is 11.1 Å². The van der Waals surface area contributed by atoms with E-state index in [0.29, 0.717) is 17.5 Å². The number of aromatic nitrogens is 2. The predicted molar refractivity (Wildman–Crippen MR) is 72.7 cm³/mol. The molecule has 5 heteroatoms. The molecular weight excluding hydrogens is 232 g/mol. The molecule has 0 spiro atoms. The number of rotatable bonds is 2. The molecule has 1 aromatic heterocycles. The lowest BCUT2D eigenvalue weighted by atomic mass is 10.2. The Hall–Kier alpha value is -1.88. The topological polar surface area (TPSA) is 55.9 Å². The van der Waals surface area contributed by atoms with Crippen LogP contribution in [-0.2, 0) is 6.54 Å². The normalized spacial score (nSPS) is 10.2. The minimum atomic E-state index is 0.513. The van der Waals surface area contributed by atoms with Crippen LogP contribution in [0.15, 0.2) is 36.4 Å². The maximum atomic E-state index is 5.78. The highest BCUT2D eigenvalue weighted by molar-refractivity contribution is 7.80. The van der Waals surface area contributed by atoms with Crippen LogP contribution in [0.25, 0.3) is 0 Å². The van der Waals surface area contributed by atoms with Crippen LogP contribution in [0, 0.1) is 6.92 Å². The third-order valence-corrected chi connectivity index (χ3v) is 2.66. The lowest BCUT2D eigenvalue weighted by molar-refractivity contribution is 0.833. The van der Waals surface area contributed by atoms with E-state index >= 15 is 0 Å². The second kappa shape index (κ2) is 4.97. The van der Waals surface area contributed by atoms with Crippen molar-refractivity contribution >= 4 is 23.1 Å². The summed E-state index contributed by atoms with van der Waals surface area (Å²) in [5.74, 6) is 0.549. The fourth-order valence-corrected chi connectivity index (χ4v) is 1.75. The zero-order valence-corrected chi connectivity index (χ0v) is 10.4. The van der Waals surface area contributed by atoms with Gasteiger partial charge in [-0.3, -0.25) is 0 Å². The molecule has 0 amide bonds. The van der Waals surface area contributed by atoms with Crippen LogP contribution < -0.4 is 11.1 Å². The number of benzene rings is 1. The minimum absolute atomic E-state index is 0.513. The molecule has 0 unspecified atom stereocenters. The Morgan fingerprint density at radius 1 is 1.41 bits per heavy atom. The zero-order valence-electron chi connectivity index (χ0n) is 9.55. The average Bonchev–Trinajstić information content (AvgIpc) is 2.67. The summed E-state index contributed by atoms with van der Waals surface area (Å²) in [5.41, 5.74) is 7.80. The monoisotopic (exact) mass is 246 g/mol. The fraction of sp³-hybridized carbons (Fsp3) is 0.167. The maximum absolute atomic E-state index is 5.78. The van der Waals surface area contributed by atoms with E-state index in [1.807, 2.05) is 37.3 Å². The van der Waals surface area contributed by atoms with Crippen molar-refractivity contribution in [1.29, 1.82) is 0 Å². The van der Waals surface area contributed by atoms with E-state index in [-0.39, 0.29) is 0 Å². The highest BCUT2D eigenvalue weighted by atomic mass is 32.1. The molecule has 0 saturated heterocycles. The van der Waals surface area contributed by atoms with Gasteiger partial charge in [0.15, 0.2) is 5.11 Å². The molecule has 0 atom stereocenters. The molecule has 17 heavy (non-hydrogen) atoms. The minimum Gasteiger partial charge on any atom is -0.383 e. The summed E-state index contributed by atoms with van der Waals surface area (Å²) in [6, 6.07) is 11.8. The SMILES string of the molecule is Cc1cc(N)n(C(=S)NCc2ccccc2)n1. The Morgan fingerprint density at radius 3 is 2.71 bits per heavy atom. The molecule has 0 bridgehead atoms. The van der Waals surface area contributed by atoms with E-state index in [1.165, 1.54) is 4.68 Å². The summed E-state index contributed by atoms with van der Waals surface area (Å²) in [4.78, 5) is 0. The molecule has 3 N–H and O–H groups in total. The van der Waals surface area contributed by atoms with Crippen molar-refractivity contribution in [1.82, 2.24) is 15.1 Å². The van der Waals surface area contributed by atoms with E-state index in [1.54, 1.807) is 6.07 Å². The van der Waals surface area contributed by atoms with Gasteiger partial charge in [-0.25, -0.2) is 0 Å². The van der Waals surface area contributed by atoms with Crippen molar-refractivity contribution in [3.63, 3.8) is 0 Å². The number of thiocarbonyl (C=S) groups is 1. The van der Waals surface area contributed by atoms with Crippen LogP contribution in [0.3, 0.4) is 0 Å². The van der Waals surface area contributed by atoms with Crippen molar-refractivity contribution in [2.24, 2.45) is 0 Å². The first-order valence-electron chi connectivity index (χ1n) is 5.31. The van der Waals surface area contributed by atoms with Crippen molar-refractivity contribution in [3.8, 4) is 0 Å². The molecule has 1 aromatic carbocycles. The molecule has 4 nitrogen and oxygen atoms in total. The van der Waals surface area contributed by atoms with Gasteiger partial charge in [-0.2, -0.15) is 9.78 Å². The van der Waals surface area contributed by atoms with Gasteiger partial charge in [-0.1, -0.05) is 30.3 Å². The Kier molecular flexibility index (Phi) is 3.39. The molecule has 0 radical (unpaired) electrons. The molecule has 0 aliphatic heterocycles. The van der Waals surface area contributed by atoms with Crippen LogP contribution in [-0.4, -0.2) is 14.9 Å². The van der Waals surface area contributed by atoms with Crippen molar-refractivity contribution in [2.75, 3.05) is 5.73 Å². The van der Waals surface area contributed by atoms with Crippen LogP contribution in [0.4, 0.5) is 5.82 Å². The van der Waals surface area contributed by atoms with E-state index in [9.17, 15) is 0 Å². The first-order valence-corrected chi connectivity index (χ1v) is 5.72.